The predicted molar refractivity (Wildman–Crippen MR) is 76.0 cm³/mol. The minimum atomic E-state index is 0.661. The van der Waals surface area contributed by atoms with Crippen molar-refractivity contribution in [3.8, 4) is 0 Å². The summed E-state index contributed by atoms with van der Waals surface area (Å²) in [5.74, 6) is 0. The van der Waals surface area contributed by atoms with Gasteiger partial charge in [0.25, 0.3) is 0 Å². The zero-order chi connectivity index (χ0) is 12.6. The monoisotopic (exact) mass is 241 g/mol. The van der Waals surface area contributed by atoms with Gasteiger partial charge in [-0.25, -0.2) is 0 Å². The van der Waals surface area contributed by atoms with Crippen LogP contribution in [0.2, 0.25) is 0 Å². The molecule has 0 unspecified atom stereocenters. The molecule has 0 amide bonds. The normalized spacial score (nSPS) is 11.4. The number of unbranched alkanes of at least 4 members (excludes halogenated alkanes) is 9. The van der Waals surface area contributed by atoms with Crippen molar-refractivity contribution in [3.63, 3.8) is 0 Å². The summed E-state index contributed by atoms with van der Waals surface area (Å²) in [6.45, 7) is 3.81. The molecule has 0 aromatic heterocycles. The average Bonchev–Trinajstić information content (AvgIpc) is 2.35. The number of hydrogen-bond donors (Lipinski definition) is 1. The molecule has 0 aromatic rings. The van der Waals surface area contributed by atoms with Crippen LogP contribution in [0.5, 0.6) is 0 Å². The van der Waals surface area contributed by atoms with Crippen molar-refractivity contribution in [2.24, 2.45) is 5.73 Å². The number of nitrogens with two attached hydrogens (primary N) is 1. The molecule has 0 saturated heterocycles. The van der Waals surface area contributed by atoms with Gasteiger partial charge < -0.3 is 10.5 Å². The van der Waals surface area contributed by atoms with Crippen molar-refractivity contribution >= 4 is 0 Å². The summed E-state index contributed by atoms with van der Waals surface area (Å²) in [7, 11) is 0. The summed E-state index contributed by atoms with van der Waals surface area (Å²) in [5.41, 5.74) is 5.21. The van der Waals surface area contributed by atoms with Gasteiger partial charge in [0.05, 0.1) is 6.61 Å². The Balaban J connectivity index is 2.89. The van der Waals surface area contributed by atoms with Crippen LogP contribution in [0.15, 0.2) is 12.3 Å². The largest absolute Gasteiger partial charge is 0.405 e. The summed E-state index contributed by atoms with van der Waals surface area (Å²) in [4.78, 5) is 0. The number of hydrogen-bond acceptors (Lipinski definition) is 2. The van der Waals surface area contributed by atoms with Crippen LogP contribution < -0.4 is 5.73 Å². The first kappa shape index (κ1) is 16.5. The van der Waals surface area contributed by atoms with E-state index in [0.717, 1.165) is 6.61 Å². The quantitative estimate of drug-likeness (QED) is 0.485. The molecule has 0 aliphatic rings. The maximum atomic E-state index is 5.38. The topological polar surface area (TPSA) is 35.2 Å². The molecule has 17 heavy (non-hydrogen) atoms. The second kappa shape index (κ2) is 15.5. The van der Waals surface area contributed by atoms with E-state index < -0.39 is 0 Å². The molecule has 102 valence electrons. The van der Waals surface area contributed by atoms with Gasteiger partial charge in [-0.2, -0.15) is 0 Å². The highest BCUT2D eigenvalue weighted by Gasteiger charge is 1.92. The first-order valence-electron chi connectivity index (χ1n) is 7.36. The van der Waals surface area contributed by atoms with Crippen LogP contribution in [0, 0.1) is 0 Å². The summed E-state index contributed by atoms with van der Waals surface area (Å²) >= 11 is 0. The molecular formula is C15H31NO. The lowest BCUT2D eigenvalue weighted by molar-refractivity contribution is 0.157. The third-order valence-corrected chi connectivity index (χ3v) is 2.99. The molecule has 0 rings (SSSR count). The van der Waals surface area contributed by atoms with E-state index in [1.807, 2.05) is 6.08 Å². The van der Waals surface area contributed by atoms with E-state index in [1.54, 1.807) is 6.20 Å². The van der Waals surface area contributed by atoms with Gasteiger partial charge in [-0.3, -0.25) is 0 Å². The molecule has 0 aliphatic carbocycles. The Morgan fingerprint density at radius 2 is 1.35 bits per heavy atom. The number of ether oxygens (including phenoxy) is 1. The third kappa shape index (κ3) is 15.5. The maximum Gasteiger partial charge on any atom is 0.0664 e. The molecule has 0 heterocycles. The van der Waals surface area contributed by atoms with Crippen molar-refractivity contribution in [1.29, 1.82) is 0 Å². The minimum Gasteiger partial charge on any atom is -0.405 e. The highest BCUT2D eigenvalue weighted by atomic mass is 16.5. The van der Waals surface area contributed by atoms with Crippen molar-refractivity contribution in [1.82, 2.24) is 0 Å². The van der Waals surface area contributed by atoms with Gasteiger partial charge in [0.15, 0.2) is 0 Å². The summed E-state index contributed by atoms with van der Waals surface area (Å²) in [5, 5.41) is 0. The van der Waals surface area contributed by atoms with Gasteiger partial charge in [-0.05, 0) is 18.7 Å². The zero-order valence-corrected chi connectivity index (χ0v) is 11.6. The van der Waals surface area contributed by atoms with E-state index in [9.17, 15) is 0 Å². The highest BCUT2D eigenvalue weighted by Crippen LogP contribution is 2.10. The summed E-state index contributed by atoms with van der Waals surface area (Å²) < 4.78 is 5.38. The molecule has 0 aliphatic heterocycles. The fraction of sp³-hybridized carbons (Fsp3) is 0.867. The van der Waals surface area contributed by atoms with Crippen molar-refractivity contribution in [2.45, 2.75) is 71.1 Å². The van der Waals surface area contributed by atoms with Crippen LogP contribution in [-0.4, -0.2) is 13.2 Å². The highest BCUT2D eigenvalue weighted by molar-refractivity contribution is 4.74. The van der Waals surface area contributed by atoms with E-state index in [0.29, 0.717) is 6.61 Å². The lowest BCUT2D eigenvalue weighted by atomic mass is 10.1. The van der Waals surface area contributed by atoms with Crippen LogP contribution in [0.4, 0.5) is 0 Å². The molecule has 0 spiro atoms. The standard InChI is InChI=1S/C15H31NO/c1-2-3-4-5-6-7-8-9-10-11-14-17-15-12-13-16/h12-13H,2-11,14-16H2,1H3. The SMILES string of the molecule is CCCCCCCCCCCCOCC=CN. The first-order chi connectivity index (χ1) is 8.41. The Morgan fingerprint density at radius 3 is 1.88 bits per heavy atom. The fourth-order valence-electron chi connectivity index (χ4n) is 1.90. The Labute approximate surface area is 108 Å². The van der Waals surface area contributed by atoms with E-state index in [2.05, 4.69) is 6.92 Å². The van der Waals surface area contributed by atoms with Crippen LogP contribution in [0.25, 0.3) is 0 Å². The van der Waals surface area contributed by atoms with Crippen LogP contribution in [0.3, 0.4) is 0 Å². The molecule has 0 aromatic carbocycles. The van der Waals surface area contributed by atoms with Gasteiger partial charge in [-0.15, -0.1) is 0 Å². The molecule has 2 N–H and O–H groups in total. The average molecular weight is 241 g/mol. The zero-order valence-electron chi connectivity index (χ0n) is 11.6. The minimum absolute atomic E-state index is 0.661. The van der Waals surface area contributed by atoms with Crippen LogP contribution in [-0.2, 0) is 4.74 Å². The van der Waals surface area contributed by atoms with E-state index in [4.69, 9.17) is 10.5 Å². The molecule has 2 nitrogen and oxygen atoms in total. The molecule has 0 bridgehead atoms. The molecule has 0 fully saturated rings. The molecule has 0 radical (unpaired) electrons. The van der Waals surface area contributed by atoms with Crippen molar-refractivity contribution in [2.75, 3.05) is 13.2 Å². The Kier molecular flexibility index (Phi) is 15.0. The van der Waals surface area contributed by atoms with Crippen LogP contribution in [0.1, 0.15) is 71.1 Å². The van der Waals surface area contributed by atoms with Gasteiger partial charge in [0, 0.05) is 6.61 Å². The second-order valence-corrected chi connectivity index (χ2v) is 4.69. The Morgan fingerprint density at radius 1 is 0.824 bits per heavy atom. The molecule has 2 heteroatoms. The van der Waals surface area contributed by atoms with Gasteiger partial charge in [0.1, 0.15) is 0 Å². The van der Waals surface area contributed by atoms with E-state index in [1.165, 1.54) is 64.2 Å². The predicted octanol–water partition coefficient (Wildman–Crippen LogP) is 4.40. The van der Waals surface area contributed by atoms with E-state index in [-0.39, 0.29) is 0 Å². The first-order valence-corrected chi connectivity index (χ1v) is 7.36. The molecular weight excluding hydrogens is 210 g/mol. The Hall–Kier alpha value is -0.500. The van der Waals surface area contributed by atoms with E-state index >= 15 is 0 Å². The lowest BCUT2D eigenvalue weighted by Crippen LogP contribution is -1.95. The van der Waals surface area contributed by atoms with Gasteiger partial charge in [-0.1, -0.05) is 64.7 Å². The third-order valence-electron chi connectivity index (χ3n) is 2.99. The maximum absolute atomic E-state index is 5.38. The number of rotatable bonds is 13. The van der Waals surface area contributed by atoms with Crippen LogP contribution >= 0.6 is 0 Å². The fourth-order valence-corrected chi connectivity index (χ4v) is 1.90. The van der Waals surface area contributed by atoms with Crippen molar-refractivity contribution in [3.05, 3.63) is 12.3 Å². The second-order valence-electron chi connectivity index (χ2n) is 4.69. The molecule has 0 atom stereocenters. The van der Waals surface area contributed by atoms with Crippen molar-refractivity contribution < 1.29 is 4.74 Å². The molecule has 0 saturated carbocycles. The summed E-state index contributed by atoms with van der Waals surface area (Å²) in [6, 6.07) is 0. The Bertz CT molecular complexity index is 157. The van der Waals surface area contributed by atoms with Gasteiger partial charge in [0.2, 0.25) is 0 Å². The lowest BCUT2D eigenvalue weighted by Gasteiger charge is -2.02. The van der Waals surface area contributed by atoms with Gasteiger partial charge >= 0.3 is 0 Å². The summed E-state index contributed by atoms with van der Waals surface area (Å²) in [6.07, 6.45) is 17.1. The smallest absolute Gasteiger partial charge is 0.0664 e.